The van der Waals surface area contributed by atoms with E-state index in [2.05, 4.69) is 20.9 Å². The molecule has 1 aromatic heterocycles. The Kier molecular flexibility index (Phi) is 4.41. The molecule has 6 nitrogen and oxygen atoms in total. The van der Waals surface area contributed by atoms with E-state index in [4.69, 9.17) is 0 Å². The number of carboxylic acid groups (broad SMARTS) is 1. The van der Waals surface area contributed by atoms with Gasteiger partial charge in [0.25, 0.3) is 0 Å². The van der Waals surface area contributed by atoms with Crippen LogP contribution in [0, 0.1) is 0 Å². The van der Waals surface area contributed by atoms with Gasteiger partial charge in [-0.1, -0.05) is 15.9 Å². The zero-order valence-corrected chi connectivity index (χ0v) is 14.3. The number of benzene rings is 1. The van der Waals surface area contributed by atoms with Crippen molar-refractivity contribution >= 4 is 38.7 Å². The number of halogens is 1. The van der Waals surface area contributed by atoms with Crippen LogP contribution < -0.4 is 0 Å². The summed E-state index contributed by atoms with van der Waals surface area (Å²) in [6.07, 6.45) is 1.77. The summed E-state index contributed by atoms with van der Waals surface area (Å²) >= 11 is 3.44. The normalized spacial score (nSPS) is 17.4. The van der Waals surface area contributed by atoms with Crippen LogP contribution in [0.5, 0.6) is 0 Å². The van der Waals surface area contributed by atoms with Gasteiger partial charge in [-0.15, -0.1) is 0 Å². The molecule has 0 saturated carbocycles. The number of aromatic amines is 1. The van der Waals surface area contributed by atoms with Gasteiger partial charge in [0.2, 0.25) is 5.91 Å². The first-order valence-corrected chi connectivity index (χ1v) is 8.25. The van der Waals surface area contributed by atoms with Gasteiger partial charge in [0, 0.05) is 60.2 Å². The van der Waals surface area contributed by atoms with E-state index in [1.165, 1.54) is 0 Å². The lowest BCUT2D eigenvalue weighted by Gasteiger charge is -2.37. The van der Waals surface area contributed by atoms with Gasteiger partial charge in [-0.05, 0) is 18.2 Å². The largest absolute Gasteiger partial charge is 0.480 e. The first kappa shape index (κ1) is 16.0. The Bertz CT molecular complexity index is 750. The predicted molar refractivity (Wildman–Crippen MR) is 90.2 cm³/mol. The molecule has 0 aliphatic carbocycles. The van der Waals surface area contributed by atoms with Crippen molar-refractivity contribution in [3.8, 4) is 0 Å². The van der Waals surface area contributed by atoms with Crippen LogP contribution in [0.3, 0.4) is 0 Å². The van der Waals surface area contributed by atoms with Crippen molar-refractivity contribution in [2.75, 3.05) is 26.2 Å². The maximum Gasteiger partial charge on any atom is 0.325 e. The Morgan fingerprint density at radius 3 is 2.57 bits per heavy atom. The van der Waals surface area contributed by atoms with E-state index in [0.717, 1.165) is 20.9 Å². The molecule has 1 unspecified atom stereocenters. The van der Waals surface area contributed by atoms with Gasteiger partial charge in [0.1, 0.15) is 6.04 Å². The molecule has 2 aromatic rings. The zero-order valence-electron chi connectivity index (χ0n) is 12.8. The summed E-state index contributed by atoms with van der Waals surface area (Å²) in [5.41, 5.74) is 1.67. The minimum Gasteiger partial charge on any atom is -0.480 e. The Morgan fingerprint density at radius 1 is 1.26 bits per heavy atom. The molecule has 3 rings (SSSR count). The number of carbonyl (C=O) groups excluding carboxylic acids is 1. The highest BCUT2D eigenvalue weighted by Crippen LogP contribution is 2.31. The SMILES string of the molecule is CC(=O)N1CCN(C(C(=O)O)c2c[nH]c3ccc(Br)cc23)CC1. The number of piperazine rings is 1. The molecule has 1 saturated heterocycles. The number of aliphatic carboxylic acids is 1. The van der Waals surface area contributed by atoms with Gasteiger partial charge >= 0.3 is 5.97 Å². The first-order chi connectivity index (χ1) is 11.0. The molecule has 2 heterocycles. The molecule has 1 aromatic carbocycles. The fourth-order valence-electron chi connectivity index (χ4n) is 3.12. The molecule has 122 valence electrons. The molecule has 1 atom stereocenters. The highest BCUT2D eigenvalue weighted by atomic mass is 79.9. The van der Waals surface area contributed by atoms with E-state index >= 15 is 0 Å². The van der Waals surface area contributed by atoms with E-state index in [1.54, 1.807) is 18.0 Å². The Hall–Kier alpha value is -1.86. The number of nitrogens with one attached hydrogen (secondary N) is 1. The molecule has 1 fully saturated rings. The number of carbonyl (C=O) groups is 2. The number of carboxylic acids is 1. The number of nitrogens with zero attached hydrogens (tertiary/aromatic N) is 2. The highest BCUT2D eigenvalue weighted by Gasteiger charge is 2.32. The first-order valence-electron chi connectivity index (χ1n) is 7.46. The molecule has 0 spiro atoms. The van der Waals surface area contributed by atoms with Gasteiger partial charge < -0.3 is 15.0 Å². The fourth-order valence-corrected chi connectivity index (χ4v) is 3.48. The van der Waals surface area contributed by atoms with Gasteiger partial charge in [-0.2, -0.15) is 0 Å². The Labute approximate surface area is 142 Å². The van der Waals surface area contributed by atoms with E-state index in [9.17, 15) is 14.7 Å². The smallest absolute Gasteiger partial charge is 0.325 e. The van der Waals surface area contributed by atoms with Crippen LogP contribution in [0.1, 0.15) is 18.5 Å². The Morgan fingerprint density at radius 2 is 1.96 bits per heavy atom. The zero-order chi connectivity index (χ0) is 16.6. The van der Waals surface area contributed by atoms with Gasteiger partial charge in [-0.25, -0.2) is 0 Å². The molecular weight excluding hydrogens is 362 g/mol. The van der Waals surface area contributed by atoms with Crippen molar-refractivity contribution in [1.29, 1.82) is 0 Å². The van der Waals surface area contributed by atoms with Gasteiger partial charge in [-0.3, -0.25) is 14.5 Å². The molecule has 1 aliphatic heterocycles. The van der Waals surface area contributed by atoms with Crippen molar-refractivity contribution in [3.05, 3.63) is 34.4 Å². The standard InChI is InChI=1S/C16H18BrN3O3/c1-10(21)19-4-6-20(7-5-19)15(16(22)23)13-9-18-14-3-2-11(17)8-12(13)14/h2-3,8-9,15,18H,4-7H2,1H3,(H,22,23). The molecule has 2 N–H and O–H groups in total. The molecular formula is C16H18BrN3O3. The van der Waals surface area contributed by atoms with Crippen LogP contribution in [0.25, 0.3) is 10.9 Å². The minimum absolute atomic E-state index is 0.0348. The third kappa shape index (κ3) is 3.11. The fraction of sp³-hybridized carbons (Fsp3) is 0.375. The summed E-state index contributed by atoms with van der Waals surface area (Å²) in [5, 5.41) is 10.7. The molecule has 1 aliphatic rings. The second-order valence-electron chi connectivity index (χ2n) is 5.72. The molecule has 23 heavy (non-hydrogen) atoms. The number of fused-ring (bicyclic) bond motifs is 1. The summed E-state index contributed by atoms with van der Waals surface area (Å²) < 4.78 is 0.913. The van der Waals surface area contributed by atoms with Crippen molar-refractivity contribution in [1.82, 2.24) is 14.8 Å². The quantitative estimate of drug-likeness (QED) is 0.856. The topological polar surface area (TPSA) is 76.6 Å². The van der Waals surface area contributed by atoms with E-state index < -0.39 is 12.0 Å². The average molecular weight is 380 g/mol. The van der Waals surface area contributed by atoms with E-state index in [0.29, 0.717) is 26.2 Å². The van der Waals surface area contributed by atoms with Crippen LogP contribution in [0.2, 0.25) is 0 Å². The average Bonchev–Trinajstić information content (AvgIpc) is 2.91. The van der Waals surface area contributed by atoms with Crippen LogP contribution in [-0.2, 0) is 9.59 Å². The molecule has 7 heteroatoms. The Balaban J connectivity index is 1.91. The van der Waals surface area contributed by atoms with Crippen LogP contribution >= 0.6 is 15.9 Å². The third-order valence-corrected chi connectivity index (χ3v) is 4.82. The lowest BCUT2D eigenvalue weighted by Crippen LogP contribution is -2.50. The molecule has 0 radical (unpaired) electrons. The predicted octanol–water partition coefficient (Wildman–Crippen LogP) is 2.22. The lowest BCUT2D eigenvalue weighted by atomic mass is 10.0. The van der Waals surface area contributed by atoms with Crippen molar-refractivity contribution < 1.29 is 14.7 Å². The van der Waals surface area contributed by atoms with Crippen LogP contribution in [0.15, 0.2) is 28.9 Å². The number of amides is 1. The maximum atomic E-state index is 11.9. The lowest BCUT2D eigenvalue weighted by molar-refractivity contribution is -0.144. The van der Waals surface area contributed by atoms with Crippen LogP contribution in [0.4, 0.5) is 0 Å². The maximum absolute atomic E-state index is 11.9. The molecule has 1 amide bonds. The number of hydrogen-bond acceptors (Lipinski definition) is 3. The van der Waals surface area contributed by atoms with E-state index in [1.807, 2.05) is 23.1 Å². The minimum atomic E-state index is -0.873. The highest BCUT2D eigenvalue weighted by molar-refractivity contribution is 9.10. The summed E-state index contributed by atoms with van der Waals surface area (Å²) in [6, 6.07) is 5.06. The number of H-pyrrole nitrogens is 1. The number of aromatic nitrogens is 1. The van der Waals surface area contributed by atoms with Crippen molar-refractivity contribution in [2.45, 2.75) is 13.0 Å². The second kappa shape index (κ2) is 6.33. The number of hydrogen-bond donors (Lipinski definition) is 2. The summed E-state index contributed by atoms with van der Waals surface area (Å²) in [5.74, 6) is -0.838. The monoisotopic (exact) mass is 379 g/mol. The summed E-state index contributed by atoms with van der Waals surface area (Å²) in [7, 11) is 0. The summed E-state index contributed by atoms with van der Waals surface area (Å²) in [4.78, 5) is 30.1. The molecule has 0 bridgehead atoms. The second-order valence-corrected chi connectivity index (χ2v) is 6.63. The van der Waals surface area contributed by atoms with Gasteiger partial charge in [0.05, 0.1) is 0 Å². The van der Waals surface area contributed by atoms with E-state index in [-0.39, 0.29) is 5.91 Å². The third-order valence-electron chi connectivity index (χ3n) is 4.33. The van der Waals surface area contributed by atoms with Crippen molar-refractivity contribution in [2.24, 2.45) is 0 Å². The van der Waals surface area contributed by atoms with Crippen molar-refractivity contribution in [3.63, 3.8) is 0 Å². The summed E-state index contributed by atoms with van der Waals surface area (Å²) in [6.45, 7) is 3.77. The van der Waals surface area contributed by atoms with Crippen LogP contribution in [-0.4, -0.2) is 57.9 Å². The number of rotatable bonds is 3. The van der Waals surface area contributed by atoms with Gasteiger partial charge in [0.15, 0.2) is 0 Å².